The van der Waals surface area contributed by atoms with E-state index in [-0.39, 0.29) is 17.2 Å². The van der Waals surface area contributed by atoms with Gasteiger partial charge in [0.2, 0.25) is 5.95 Å². The number of hydrogen-bond acceptors (Lipinski definition) is 4. The Bertz CT molecular complexity index is 919. The maximum Gasteiger partial charge on any atom is 0.258 e. The van der Waals surface area contributed by atoms with Crippen molar-refractivity contribution in [1.29, 1.82) is 0 Å². The van der Waals surface area contributed by atoms with Crippen LogP contribution in [0.4, 0.5) is 21.7 Å². The summed E-state index contributed by atoms with van der Waals surface area (Å²) < 4.78 is 13.6. The predicted octanol–water partition coefficient (Wildman–Crippen LogP) is 4.92. The van der Waals surface area contributed by atoms with Crippen molar-refractivity contribution in [2.24, 2.45) is 0 Å². The van der Waals surface area contributed by atoms with Crippen LogP contribution in [0.5, 0.6) is 0 Å². The summed E-state index contributed by atoms with van der Waals surface area (Å²) in [4.78, 5) is 20.2. The van der Waals surface area contributed by atoms with Gasteiger partial charge in [0.25, 0.3) is 5.91 Å². The molecule has 0 unspecified atom stereocenters. The lowest BCUT2D eigenvalue weighted by Crippen LogP contribution is -2.13. The van der Waals surface area contributed by atoms with Crippen molar-refractivity contribution >= 4 is 46.4 Å². The summed E-state index contributed by atoms with van der Waals surface area (Å²) in [5, 5.41) is 6.17. The number of rotatable bonds is 4. The quantitative estimate of drug-likeness (QED) is 0.678. The molecule has 0 saturated carbocycles. The molecule has 0 fully saturated rings. The minimum atomic E-state index is -0.429. The molecule has 25 heavy (non-hydrogen) atoms. The third-order valence-corrected chi connectivity index (χ3v) is 3.76. The third kappa shape index (κ3) is 4.23. The summed E-state index contributed by atoms with van der Waals surface area (Å²) in [6, 6.07) is 10.9. The number of benzene rings is 2. The molecule has 0 bridgehead atoms. The molecule has 3 aromatic rings. The number of carbonyl (C=O) groups is 1. The molecule has 1 amide bonds. The Balaban J connectivity index is 1.71. The fourth-order valence-electron chi connectivity index (χ4n) is 1.98. The zero-order valence-electron chi connectivity index (χ0n) is 12.6. The van der Waals surface area contributed by atoms with Crippen LogP contribution in [0.3, 0.4) is 0 Å². The van der Waals surface area contributed by atoms with Gasteiger partial charge in [0.05, 0.1) is 22.0 Å². The van der Waals surface area contributed by atoms with Crippen LogP contribution in [0, 0.1) is 5.82 Å². The van der Waals surface area contributed by atoms with Crippen LogP contribution in [0.2, 0.25) is 10.0 Å². The average molecular weight is 377 g/mol. The lowest BCUT2D eigenvalue weighted by atomic mass is 10.2. The fourth-order valence-corrected chi connectivity index (χ4v) is 2.43. The lowest BCUT2D eigenvalue weighted by molar-refractivity contribution is 0.102. The van der Waals surface area contributed by atoms with E-state index in [1.54, 1.807) is 30.3 Å². The van der Waals surface area contributed by atoms with Gasteiger partial charge in [-0.25, -0.2) is 14.4 Å². The van der Waals surface area contributed by atoms with Gasteiger partial charge in [0, 0.05) is 17.4 Å². The Morgan fingerprint density at radius 2 is 1.72 bits per heavy atom. The van der Waals surface area contributed by atoms with E-state index in [9.17, 15) is 9.18 Å². The van der Waals surface area contributed by atoms with Gasteiger partial charge in [0.1, 0.15) is 5.82 Å². The predicted molar refractivity (Wildman–Crippen MR) is 96.1 cm³/mol. The molecule has 0 spiro atoms. The number of nitrogens with zero attached hydrogens (tertiary/aromatic N) is 2. The Labute approximate surface area is 152 Å². The van der Waals surface area contributed by atoms with E-state index in [4.69, 9.17) is 23.2 Å². The zero-order valence-corrected chi connectivity index (χ0v) is 14.1. The minimum absolute atomic E-state index is 0.172. The van der Waals surface area contributed by atoms with Crippen LogP contribution in [-0.4, -0.2) is 15.9 Å². The van der Waals surface area contributed by atoms with Gasteiger partial charge in [-0.1, -0.05) is 35.3 Å². The topological polar surface area (TPSA) is 66.9 Å². The molecule has 8 heteroatoms. The highest BCUT2D eigenvalue weighted by Gasteiger charge is 2.11. The van der Waals surface area contributed by atoms with Gasteiger partial charge in [-0.3, -0.25) is 4.79 Å². The minimum Gasteiger partial charge on any atom is -0.322 e. The third-order valence-electron chi connectivity index (χ3n) is 3.21. The molecule has 1 heterocycles. The number of carbonyl (C=O) groups excluding carboxylic acids is 1. The number of para-hydroxylation sites is 1. The monoisotopic (exact) mass is 376 g/mol. The molecule has 0 radical (unpaired) electrons. The number of anilines is 3. The first kappa shape index (κ1) is 17.1. The second-order valence-electron chi connectivity index (χ2n) is 4.98. The lowest BCUT2D eigenvalue weighted by Gasteiger charge is -2.08. The van der Waals surface area contributed by atoms with Gasteiger partial charge >= 0.3 is 0 Å². The highest BCUT2D eigenvalue weighted by atomic mass is 35.5. The molecule has 0 aliphatic carbocycles. The van der Waals surface area contributed by atoms with Crippen LogP contribution in [-0.2, 0) is 0 Å². The maximum atomic E-state index is 13.6. The Morgan fingerprint density at radius 1 is 1.00 bits per heavy atom. The van der Waals surface area contributed by atoms with E-state index in [1.165, 1.54) is 24.5 Å². The summed E-state index contributed by atoms with van der Waals surface area (Å²) in [6.45, 7) is 0. The van der Waals surface area contributed by atoms with Crippen molar-refractivity contribution in [2.75, 3.05) is 10.6 Å². The van der Waals surface area contributed by atoms with E-state index >= 15 is 0 Å². The first-order valence-corrected chi connectivity index (χ1v) is 7.88. The van der Waals surface area contributed by atoms with Crippen molar-refractivity contribution in [2.45, 2.75) is 0 Å². The number of hydrogen-bond donors (Lipinski definition) is 2. The Kier molecular flexibility index (Phi) is 5.11. The van der Waals surface area contributed by atoms with Crippen molar-refractivity contribution in [3.05, 3.63) is 76.3 Å². The van der Waals surface area contributed by atoms with Gasteiger partial charge in [0.15, 0.2) is 0 Å². The van der Waals surface area contributed by atoms with Crippen LogP contribution in [0.25, 0.3) is 0 Å². The number of aromatic nitrogens is 2. The van der Waals surface area contributed by atoms with Crippen molar-refractivity contribution < 1.29 is 9.18 Å². The molecule has 126 valence electrons. The Hall–Kier alpha value is -2.70. The van der Waals surface area contributed by atoms with Crippen molar-refractivity contribution in [3.8, 4) is 0 Å². The van der Waals surface area contributed by atoms with E-state index in [1.807, 2.05) is 0 Å². The molecule has 2 aromatic carbocycles. The number of amides is 1. The zero-order chi connectivity index (χ0) is 17.8. The largest absolute Gasteiger partial charge is 0.322 e. The van der Waals surface area contributed by atoms with Gasteiger partial charge in [-0.05, 0) is 30.3 Å². The van der Waals surface area contributed by atoms with E-state index < -0.39 is 11.7 Å². The molecule has 5 nitrogen and oxygen atoms in total. The maximum absolute atomic E-state index is 13.6. The molecule has 0 aliphatic heterocycles. The standard InChI is InChI=1S/C17H11Cl2FN4O/c18-11-5-6-14(12(19)7-11)23-16(25)10-8-21-17(22-9-10)24-15-4-2-1-3-13(15)20/h1-9H,(H,23,25)(H,21,22,24). The molecule has 0 aliphatic rings. The molecular weight excluding hydrogens is 366 g/mol. The highest BCUT2D eigenvalue weighted by molar-refractivity contribution is 6.36. The Morgan fingerprint density at radius 3 is 2.40 bits per heavy atom. The summed E-state index contributed by atoms with van der Waals surface area (Å²) >= 11 is 11.8. The van der Waals surface area contributed by atoms with Crippen LogP contribution in [0.1, 0.15) is 10.4 Å². The van der Waals surface area contributed by atoms with Gasteiger partial charge < -0.3 is 10.6 Å². The van der Waals surface area contributed by atoms with Crippen LogP contribution in [0.15, 0.2) is 54.9 Å². The highest BCUT2D eigenvalue weighted by Crippen LogP contribution is 2.25. The molecule has 0 saturated heterocycles. The van der Waals surface area contributed by atoms with Crippen LogP contribution < -0.4 is 10.6 Å². The number of halogens is 3. The molecule has 1 aromatic heterocycles. The molecular formula is C17H11Cl2FN4O. The van der Waals surface area contributed by atoms with E-state index in [0.717, 1.165) is 0 Å². The van der Waals surface area contributed by atoms with E-state index in [0.29, 0.717) is 15.7 Å². The SMILES string of the molecule is O=C(Nc1ccc(Cl)cc1Cl)c1cnc(Nc2ccccc2F)nc1. The summed E-state index contributed by atoms with van der Waals surface area (Å²) in [5.74, 6) is -0.682. The van der Waals surface area contributed by atoms with Crippen LogP contribution >= 0.6 is 23.2 Å². The number of nitrogens with one attached hydrogen (secondary N) is 2. The molecule has 3 rings (SSSR count). The smallest absolute Gasteiger partial charge is 0.258 e. The summed E-state index contributed by atoms with van der Waals surface area (Å²) in [7, 11) is 0. The van der Waals surface area contributed by atoms with Crippen molar-refractivity contribution in [3.63, 3.8) is 0 Å². The second kappa shape index (κ2) is 7.46. The first-order valence-electron chi connectivity index (χ1n) is 7.13. The van der Waals surface area contributed by atoms with Gasteiger partial charge in [-0.15, -0.1) is 0 Å². The second-order valence-corrected chi connectivity index (χ2v) is 5.82. The average Bonchev–Trinajstić information content (AvgIpc) is 2.60. The summed E-state index contributed by atoms with van der Waals surface area (Å²) in [6.07, 6.45) is 2.66. The normalized spacial score (nSPS) is 10.4. The molecule has 2 N–H and O–H groups in total. The summed E-state index contributed by atoms with van der Waals surface area (Å²) in [5.41, 5.74) is 0.891. The van der Waals surface area contributed by atoms with Gasteiger partial charge in [-0.2, -0.15) is 0 Å². The fraction of sp³-hybridized carbons (Fsp3) is 0. The molecule has 0 atom stereocenters. The first-order chi connectivity index (χ1) is 12.0. The van der Waals surface area contributed by atoms with Crippen molar-refractivity contribution in [1.82, 2.24) is 9.97 Å². The van der Waals surface area contributed by atoms with E-state index in [2.05, 4.69) is 20.6 Å².